The number of carbonyl (C=O) groups excluding carboxylic acids is 1. The van der Waals surface area contributed by atoms with E-state index in [-0.39, 0.29) is 17.5 Å². The zero-order chi connectivity index (χ0) is 17.1. The number of rotatable bonds is 5. The quantitative estimate of drug-likeness (QED) is 0.898. The molecule has 0 bridgehead atoms. The lowest BCUT2D eigenvalue weighted by Gasteiger charge is -2.33. The summed E-state index contributed by atoms with van der Waals surface area (Å²) in [6.07, 6.45) is 6.34. The normalized spacial score (nSPS) is 26.0. The molecule has 24 heavy (non-hydrogen) atoms. The molecule has 1 N–H and O–H groups in total. The molecular formula is C19H25NO4. The Labute approximate surface area is 142 Å². The number of carboxylic acids is 1. The largest absolute Gasteiger partial charge is 0.491 e. The van der Waals surface area contributed by atoms with Crippen LogP contribution in [0.3, 0.4) is 0 Å². The van der Waals surface area contributed by atoms with Gasteiger partial charge in [0.05, 0.1) is 11.6 Å². The number of nitrogens with zero attached hydrogens (tertiary/aromatic N) is 1. The fourth-order valence-electron chi connectivity index (χ4n) is 4.17. The zero-order valence-electron chi connectivity index (χ0n) is 14.1. The lowest BCUT2D eigenvalue weighted by atomic mass is 9.85. The van der Waals surface area contributed by atoms with Crippen molar-refractivity contribution >= 4 is 11.9 Å². The highest BCUT2D eigenvalue weighted by Gasteiger charge is 2.44. The van der Waals surface area contributed by atoms with Crippen LogP contribution in [0.5, 0.6) is 5.75 Å². The summed E-state index contributed by atoms with van der Waals surface area (Å²) in [5, 5.41) is 8.93. The van der Waals surface area contributed by atoms with Gasteiger partial charge in [-0.15, -0.1) is 0 Å². The molecule has 1 aliphatic carbocycles. The second kappa shape index (κ2) is 7.24. The Bertz CT molecular complexity index is 598. The molecule has 2 aliphatic rings. The van der Waals surface area contributed by atoms with Gasteiger partial charge < -0.3 is 14.7 Å². The first-order valence-corrected chi connectivity index (χ1v) is 8.87. The molecule has 1 aromatic rings. The van der Waals surface area contributed by atoms with Crippen LogP contribution in [0, 0.1) is 5.92 Å². The van der Waals surface area contributed by atoms with Gasteiger partial charge in [-0.3, -0.25) is 4.79 Å². The minimum Gasteiger partial charge on any atom is -0.491 e. The molecule has 1 saturated carbocycles. The monoisotopic (exact) mass is 331 g/mol. The number of amides is 1. The van der Waals surface area contributed by atoms with E-state index in [0.717, 1.165) is 12.8 Å². The van der Waals surface area contributed by atoms with Crippen LogP contribution in [-0.2, 0) is 4.79 Å². The van der Waals surface area contributed by atoms with E-state index in [1.165, 1.54) is 19.3 Å². The standard InChI is InChI=1S/C19H25NO4/c1-2-18(21)20-15(11-14-5-3-4-6-17(14)20)12-24-16-9-7-13(8-10-16)19(22)23/h7-10,14-15,17H,2-6,11-12H2,1H3,(H,22,23)/t14?,15-,17?/m0/s1. The van der Waals surface area contributed by atoms with Crippen LogP contribution in [0.15, 0.2) is 24.3 Å². The first-order chi connectivity index (χ1) is 11.6. The third-order valence-corrected chi connectivity index (χ3v) is 5.33. The SMILES string of the molecule is CCC(=O)N1C2CCCCC2C[C@H]1COc1ccc(C(=O)O)cc1. The van der Waals surface area contributed by atoms with E-state index in [9.17, 15) is 9.59 Å². The predicted molar refractivity (Wildman–Crippen MR) is 90.2 cm³/mol. The molecule has 5 nitrogen and oxygen atoms in total. The molecule has 0 radical (unpaired) electrons. The summed E-state index contributed by atoms with van der Waals surface area (Å²) in [5.41, 5.74) is 0.247. The Balaban J connectivity index is 1.66. The Morgan fingerprint density at radius 2 is 1.92 bits per heavy atom. The highest BCUT2D eigenvalue weighted by molar-refractivity contribution is 5.87. The van der Waals surface area contributed by atoms with Crippen molar-refractivity contribution in [1.29, 1.82) is 0 Å². The van der Waals surface area contributed by atoms with Crippen LogP contribution < -0.4 is 4.74 Å². The zero-order valence-corrected chi connectivity index (χ0v) is 14.1. The van der Waals surface area contributed by atoms with Crippen LogP contribution in [0.1, 0.15) is 55.8 Å². The van der Waals surface area contributed by atoms with Crippen molar-refractivity contribution in [1.82, 2.24) is 4.90 Å². The molecule has 130 valence electrons. The van der Waals surface area contributed by atoms with Crippen LogP contribution in [0.25, 0.3) is 0 Å². The van der Waals surface area contributed by atoms with Crippen LogP contribution in [-0.4, -0.2) is 40.6 Å². The number of carboxylic acid groups (broad SMARTS) is 1. The van der Waals surface area contributed by atoms with Crippen molar-refractivity contribution in [3.63, 3.8) is 0 Å². The van der Waals surface area contributed by atoms with E-state index < -0.39 is 5.97 Å². The van der Waals surface area contributed by atoms with E-state index >= 15 is 0 Å². The van der Waals surface area contributed by atoms with Gasteiger partial charge in [0.15, 0.2) is 0 Å². The molecule has 5 heteroatoms. The number of benzene rings is 1. The summed E-state index contributed by atoms with van der Waals surface area (Å²) in [5.74, 6) is 0.538. The highest BCUT2D eigenvalue weighted by Crippen LogP contribution is 2.40. The fraction of sp³-hybridized carbons (Fsp3) is 0.579. The van der Waals surface area contributed by atoms with E-state index in [1.54, 1.807) is 24.3 Å². The number of carbonyl (C=O) groups is 2. The van der Waals surface area contributed by atoms with Gasteiger partial charge >= 0.3 is 5.97 Å². The van der Waals surface area contributed by atoms with Crippen LogP contribution in [0.2, 0.25) is 0 Å². The summed E-state index contributed by atoms with van der Waals surface area (Å²) in [6.45, 7) is 2.40. The van der Waals surface area contributed by atoms with Gasteiger partial charge in [0.1, 0.15) is 12.4 Å². The van der Waals surface area contributed by atoms with E-state index in [4.69, 9.17) is 9.84 Å². The molecule has 2 unspecified atom stereocenters. The number of likely N-dealkylation sites (tertiary alicyclic amines) is 1. The number of aromatic carboxylic acids is 1. The van der Waals surface area contributed by atoms with E-state index in [2.05, 4.69) is 4.90 Å². The van der Waals surface area contributed by atoms with Gasteiger partial charge in [0.25, 0.3) is 0 Å². The number of fused-ring (bicyclic) bond motifs is 1. The first kappa shape index (κ1) is 16.8. The molecule has 1 aliphatic heterocycles. The maximum absolute atomic E-state index is 12.4. The maximum atomic E-state index is 12.4. The molecule has 3 atom stereocenters. The second-order valence-electron chi connectivity index (χ2n) is 6.80. The molecule has 0 aromatic heterocycles. The topological polar surface area (TPSA) is 66.8 Å². The number of ether oxygens (including phenoxy) is 1. The predicted octanol–water partition coefficient (Wildman–Crippen LogP) is 3.33. The Morgan fingerprint density at radius 1 is 1.21 bits per heavy atom. The smallest absolute Gasteiger partial charge is 0.335 e. The Kier molecular flexibility index (Phi) is 5.07. The third-order valence-electron chi connectivity index (χ3n) is 5.33. The molecular weight excluding hydrogens is 306 g/mol. The fourth-order valence-corrected chi connectivity index (χ4v) is 4.17. The molecule has 1 saturated heterocycles. The summed E-state index contributed by atoms with van der Waals surface area (Å²) in [6, 6.07) is 6.95. The molecule has 1 amide bonds. The van der Waals surface area contributed by atoms with Crippen molar-refractivity contribution in [3.05, 3.63) is 29.8 Å². The highest BCUT2D eigenvalue weighted by atomic mass is 16.5. The maximum Gasteiger partial charge on any atom is 0.335 e. The van der Waals surface area contributed by atoms with Crippen molar-refractivity contribution in [2.75, 3.05) is 6.61 Å². The van der Waals surface area contributed by atoms with E-state index in [1.807, 2.05) is 6.92 Å². The summed E-state index contributed by atoms with van der Waals surface area (Å²) in [7, 11) is 0. The minimum absolute atomic E-state index is 0.129. The average Bonchev–Trinajstić information content (AvgIpc) is 2.98. The lowest BCUT2D eigenvalue weighted by Crippen LogP contribution is -2.45. The van der Waals surface area contributed by atoms with Gasteiger partial charge in [0.2, 0.25) is 5.91 Å². The average molecular weight is 331 g/mol. The first-order valence-electron chi connectivity index (χ1n) is 8.87. The Hall–Kier alpha value is -2.04. The van der Waals surface area contributed by atoms with Crippen molar-refractivity contribution in [2.24, 2.45) is 5.92 Å². The minimum atomic E-state index is -0.943. The molecule has 1 heterocycles. The van der Waals surface area contributed by atoms with Gasteiger partial charge in [-0.25, -0.2) is 4.79 Å². The second-order valence-corrected chi connectivity index (χ2v) is 6.80. The summed E-state index contributed by atoms with van der Waals surface area (Å²) >= 11 is 0. The summed E-state index contributed by atoms with van der Waals surface area (Å²) < 4.78 is 5.87. The third kappa shape index (κ3) is 3.40. The van der Waals surface area contributed by atoms with Gasteiger partial charge in [0, 0.05) is 12.5 Å². The van der Waals surface area contributed by atoms with Gasteiger partial charge in [-0.05, 0) is 49.4 Å². The number of hydrogen-bond donors (Lipinski definition) is 1. The van der Waals surface area contributed by atoms with Crippen molar-refractivity contribution in [2.45, 2.75) is 57.5 Å². The summed E-state index contributed by atoms with van der Waals surface area (Å²) in [4.78, 5) is 25.4. The molecule has 1 aromatic carbocycles. The lowest BCUT2D eigenvalue weighted by molar-refractivity contribution is -0.135. The van der Waals surface area contributed by atoms with Crippen molar-refractivity contribution in [3.8, 4) is 5.75 Å². The molecule has 2 fully saturated rings. The van der Waals surface area contributed by atoms with Crippen molar-refractivity contribution < 1.29 is 19.4 Å². The Morgan fingerprint density at radius 3 is 2.58 bits per heavy atom. The van der Waals surface area contributed by atoms with Gasteiger partial charge in [-0.2, -0.15) is 0 Å². The molecule has 0 spiro atoms. The number of hydrogen-bond acceptors (Lipinski definition) is 3. The van der Waals surface area contributed by atoms with Crippen LogP contribution >= 0.6 is 0 Å². The van der Waals surface area contributed by atoms with Crippen LogP contribution in [0.4, 0.5) is 0 Å². The van der Waals surface area contributed by atoms with Gasteiger partial charge in [-0.1, -0.05) is 19.8 Å². The molecule has 3 rings (SSSR count). The van der Waals surface area contributed by atoms with E-state index in [0.29, 0.717) is 30.7 Å².